The van der Waals surface area contributed by atoms with Crippen molar-refractivity contribution >= 4 is 35.6 Å². The van der Waals surface area contributed by atoms with E-state index in [4.69, 9.17) is 9.73 Å². The molecule has 0 unspecified atom stereocenters. The number of hydrogen-bond donors (Lipinski definition) is 2. The first kappa shape index (κ1) is 23.9. The Hall–Kier alpha value is -2.36. The molecular weight excluding hydrogens is 491 g/mol. The lowest BCUT2D eigenvalue weighted by atomic mass is 10.1. The standard InChI is InChI=1S/C22H30N6O.HI/c1-4-23-22(25-16-18-12-11-17(3)15-19(18)29-5-2)24-13-8-10-21-27-26-20-9-6-7-14-28(20)21;/h6-7,9,11-12,14-15H,4-5,8,10,13,16H2,1-3H3,(H2,23,24,25);1H. The Morgan fingerprint density at radius 1 is 1.13 bits per heavy atom. The highest BCUT2D eigenvalue weighted by atomic mass is 127. The van der Waals surface area contributed by atoms with Gasteiger partial charge in [0.1, 0.15) is 11.6 Å². The van der Waals surface area contributed by atoms with Crippen LogP contribution in [0.3, 0.4) is 0 Å². The van der Waals surface area contributed by atoms with Crippen molar-refractivity contribution < 1.29 is 4.74 Å². The molecule has 0 aliphatic heterocycles. The maximum atomic E-state index is 5.76. The number of guanidine groups is 1. The minimum Gasteiger partial charge on any atom is -0.494 e. The van der Waals surface area contributed by atoms with Crippen LogP contribution in [0, 0.1) is 6.92 Å². The van der Waals surface area contributed by atoms with Gasteiger partial charge >= 0.3 is 0 Å². The van der Waals surface area contributed by atoms with Crippen LogP contribution in [0.25, 0.3) is 5.65 Å². The summed E-state index contributed by atoms with van der Waals surface area (Å²) in [7, 11) is 0. The van der Waals surface area contributed by atoms with Crippen molar-refractivity contribution in [3.8, 4) is 5.75 Å². The minimum absolute atomic E-state index is 0. The van der Waals surface area contributed by atoms with E-state index in [1.807, 2.05) is 35.7 Å². The third-order valence-corrected chi connectivity index (χ3v) is 4.53. The Morgan fingerprint density at radius 2 is 2.00 bits per heavy atom. The zero-order chi connectivity index (χ0) is 20.5. The molecule has 7 nitrogen and oxygen atoms in total. The van der Waals surface area contributed by atoms with Crippen molar-refractivity contribution in [1.82, 2.24) is 25.2 Å². The van der Waals surface area contributed by atoms with Crippen LogP contribution in [0.2, 0.25) is 0 Å². The fourth-order valence-corrected chi connectivity index (χ4v) is 3.10. The third-order valence-electron chi connectivity index (χ3n) is 4.53. The van der Waals surface area contributed by atoms with Crippen LogP contribution in [0.1, 0.15) is 37.2 Å². The minimum atomic E-state index is 0. The summed E-state index contributed by atoms with van der Waals surface area (Å²) in [5.74, 6) is 2.69. The monoisotopic (exact) mass is 522 g/mol. The van der Waals surface area contributed by atoms with Crippen LogP contribution in [-0.4, -0.2) is 40.3 Å². The average Bonchev–Trinajstić information content (AvgIpc) is 3.14. The number of halogens is 1. The van der Waals surface area contributed by atoms with E-state index in [2.05, 4.69) is 52.9 Å². The van der Waals surface area contributed by atoms with Gasteiger partial charge in [-0.1, -0.05) is 18.2 Å². The molecule has 0 saturated heterocycles. The van der Waals surface area contributed by atoms with Crippen LogP contribution in [0.5, 0.6) is 5.75 Å². The second kappa shape index (κ2) is 12.4. The van der Waals surface area contributed by atoms with Gasteiger partial charge in [0.05, 0.1) is 13.2 Å². The van der Waals surface area contributed by atoms with Gasteiger partial charge in [-0.15, -0.1) is 34.2 Å². The van der Waals surface area contributed by atoms with E-state index in [9.17, 15) is 0 Å². The van der Waals surface area contributed by atoms with Crippen LogP contribution in [-0.2, 0) is 13.0 Å². The molecule has 0 fully saturated rings. The lowest BCUT2D eigenvalue weighted by Gasteiger charge is -2.13. The summed E-state index contributed by atoms with van der Waals surface area (Å²) in [6.07, 6.45) is 3.79. The fourth-order valence-electron chi connectivity index (χ4n) is 3.10. The summed E-state index contributed by atoms with van der Waals surface area (Å²) in [4.78, 5) is 4.72. The van der Waals surface area contributed by atoms with E-state index in [-0.39, 0.29) is 24.0 Å². The van der Waals surface area contributed by atoms with E-state index in [1.54, 1.807) is 0 Å². The molecule has 2 heterocycles. The van der Waals surface area contributed by atoms with Crippen LogP contribution in [0.4, 0.5) is 0 Å². The number of aryl methyl sites for hydroxylation is 2. The molecule has 0 spiro atoms. The molecule has 2 aromatic heterocycles. The zero-order valence-electron chi connectivity index (χ0n) is 17.9. The first-order valence-electron chi connectivity index (χ1n) is 10.2. The molecule has 2 N–H and O–H groups in total. The highest BCUT2D eigenvalue weighted by molar-refractivity contribution is 14.0. The second-order valence-electron chi connectivity index (χ2n) is 6.81. The predicted octanol–water partition coefficient (Wildman–Crippen LogP) is 3.74. The summed E-state index contributed by atoms with van der Waals surface area (Å²) in [5.41, 5.74) is 3.16. The Morgan fingerprint density at radius 3 is 2.80 bits per heavy atom. The van der Waals surface area contributed by atoms with E-state index in [0.717, 1.165) is 54.7 Å². The molecule has 0 saturated carbocycles. The van der Waals surface area contributed by atoms with Gasteiger partial charge in [-0.05, 0) is 51.0 Å². The van der Waals surface area contributed by atoms with E-state index in [1.165, 1.54) is 5.56 Å². The first-order chi connectivity index (χ1) is 14.2. The lowest BCUT2D eigenvalue weighted by molar-refractivity contribution is 0.336. The van der Waals surface area contributed by atoms with Gasteiger partial charge in [0, 0.05) is 31.3 Å². The summed E-state index contributed by atoms with van der Waals surface area (Å²) < 4.78 is 7.79. The SMILES string of the molecule is CCNC(=NCc1ccc(C)cc1OCC)NCCCc1nnc2ccccn12.I. The molecule has 8 heteroatoms. The van der Waals surface area contributed by atoms with E-state index >= 15 is 0 Å². The van der Waals surface area contributed by atoms with Crippen LogP contribution < -0.4 is 15.4 Å². The number of nitrogens with zero attached hydrogens (tertiary/aromatic N) is 4. The third kappa shape index (κ3) is 6.58. The summed E-state index contributed by atoms with van der Waals surface area (Å²) in [5, 5.41) is 15.2. The molecule has 3 rings (SSSR count). The molecule has 3 aromatic rings. The Bertz CT molecular complexity index is 956. The van der Waals surface area contributed by atoms with Crippen molar-refractivity contribution in [3.05, 3.63) is 59.5 Å². The Kier molecular flexibility index (Phi) is 9.85. The van der Waals surface area contributed by atoms with Gasteiger partial charge in [-0.2, -0.15) is 0 Å². The summed E-state index contributed by atoms with van der Waals surface area (Å²) in [6, 6.07) is 12.2. The molecule has 30 heavy (non-hydrogen) atoms. The number of aromatic nitrogens is 3. The van der Waals surface area contributed by atoms with Crippen molar-refractivity contribution in [1.29, 1.82) is 0 Å². The number of pyridine rings is 1. The molecule has 162 valence electrons. The summed E-state index contributed by atoms with van der Waals surface area (Å²) in [6.45, 7) is 8.97. The number of fused-ring (bicyclic) bond motifs is 1. The normalized spacial score (nSPS) is 11.2. The molecule has 0 bridgehead atoms. The average molecular weight is 522 g/mol. The number of benzene rings is 1. The number of hydrogen-bond acceptors (Lipinski definition) is 4. The number of ether oxygens (including phenoxy) is 1. The number of rotatable bonds is 9. The molecule has 0 radical (unpaired) electrons. The van der Waals surface area contributed by atoms with Gasteiger partial charge in [0.15, 0.2) is 11.6 Å². The van der Waals surface area contributed by atoms with Crippen molar-refractivity contribution in [3.63, 3.8) is 0 Å². The molecule has 0 amide bonds. The lowest BCUT2D eigenvalue weighted by Crippen LogP contribution is -2.37. The van der Waals surface area contributed by atoms with Crippen LogP contribution in [0.15, 0.2) is 47.6 Å². The van der Waals surface area contributed by atoms with Gasteiger partial charge in [0.25, 0.3) is 0 Å². The molecule has 0 atom stereocenters. The van der Waals surface area contributed by atoms with Gasteiger partial charge in [-0.25, -0.2) is 4.99 Å². The van der Waals surface area contributed by atoms with Gasteiger partial charge in [-0.3, -0.25) is 4.40 Å². The molecule has 0 aliphatic rings. The molecular formula is C22H31IN6O. The van der Waals surface area contributed by atoms with Crippen molar-refractivity contribution in [2.75, 3.05) is 19.7 Å². The van der Waals surface area contributed by atoms with Crippen molar-refractivity contribution in [2.24, 2.45) is 4.99 Å². The largest absolute Gasteiger partial charge is 0.494 e. The predicted molar refractivity (Wildman–Crippen MR) is 132 cm³/mol. The Labute approximate surface area is 195 Å². The fraction of sp³-hybridized carbons (Fsp3) is 0.409. The Balaban J connectivity index is 0.00000320. The van der Waals surface area contributed by atoms with E-state index < -0.39 is 0 Å². The topological polar surface area (TPSA) is 75.8 Å². The second-order valence-corrected chi connectivity index (χ2v) is 6.81. The number of nitrogens with one attached hydrogen (secondary N) is 2. The number of aliphatic imine (C=N–C) groups is 1. The smallest absolute Gasteiger partial charge is 0.191 e. The highest BCUT2D eigenvalue weighted by Gasteiger charge is 2.06. The molecule has 1 aromatic carbocycles. The first-order valence-corrected chi connectivity index (χ1v) is 10.2. The van der Waals surface area contributed by atoms with Gasteiger partial charge < -0.3 is 15.4 Å². The van der Waals surface area contributed by atoms with E-state index in [0.29, 0.717) is 13.2 Å². The van der Waals surface area contributed by atoms with Gasteiger partial charge in [0.2, 0.25) is 0 Å². The summed E-state index contributed by atoms with van der Waals surface area (Å²) >= 11 is 0. The quantitative estimate of drug-likeness (QED) is 0.194. The highest BCUT2D eigenvalue weighted by Crippen LogP contribution is 2.21. The maximum absolute atomic E-state index is 5.76. The zero-order valence-corrected chi connectivity index (χ0v) is 20.2. The van der Waals surface area contributed by atoms with Crippen molar-refractivity contribution in [2.45, 2.75) is 40.2 Å². The molecule has 0 aliphatic carbocycles. The van der Waals surface area contributed by atoms with Crippen LogP contribution >= 0.6 is 24.0 Å². The maximum Gasteiger partial charge on any atom is 0.191 e.